The van der Waals surface area contributed by atoms with Crippen LogP contribution in [0.5, 0.6) is 0 Å². The van der Waals surface area contributed by atoms with Crippen LogP contribution in [0, 0.1) is 0 Å². The molecule has 0 aliphatic heterocycles. The van der Waals surface area contributed by atoms with Crippen LogP contribution in [-0.2, 0) is 22.7 Å². The number of furan rings is 1. The van der Waals surface area contributed by atoms with Crippen molar-refractivity contribution >= 4 is 11.8 Å². The first-order valence-corrected chi connectivity index (χ1v) is 7.19. The number of amides is 2. The van der Waals surface area contributed by atoms with Gasteiger partial charge in [-0.1, -0.05) is 30.3 Å². The van der Waals surface area contributed by atoms with Gasteiger partial charge < -0.3 is 14.6 Å². The molecule has 1 aromatic carbocycles. The number of rotatable bonds is 6. The quantitative estimate of drug-likeness (QED) is 0.890. The van der Waals surface area contributed by atoms with E-state index in [4.69, 9.17) is 4.42 Å². The van der Waals surface area contributed by atoms with Gasteiger partial charge in [0.25, 0.3) is 0 Å². The Morgan fingerprint density at radius 3 is 2.50 bits per heavy atom. The average Bonchev–Trinajstić information content (AvgIpc) is 3.03. The van der Waals surface area contributed by atoms with E-state index in [-0.39, 0.29) is 11.8 Å². The van der Waals surface area contributed by atoms with Gasteiger partial charge >= 0.3 is 0 Å². The van der Waals surface area contributed by atoms with Crippen LogP contribution in [0.15, 0.2) is 53.1 Å². The molecule has 0 fully saturated rings. The van der Waals surface area contributed by atoms with Crippen molar-refractivity contribution in [1.82, 2.24) is 10.2 Å². The fourth-order valence-electron chi connectivity index (χ4n) is 2.18. The Bertz CT molecular complexity index is 608. The summed E-state index contributed by atoms with van der Waals surface area (Å²) >= 11 is 0. The van der Waals surface area contributed by atoms with Gasteiger partial charge in [0, 0.05) is 13.5 Å². The second-order valence-corrected chi connectivity index (χ2v) is 5.11. The first-order chi connectivity index (χ1) is 10.6. The maximum atomic E-state index is 12.2. The highest BCUT2D eigenvalue weighted by atomic mass is 16.3. The SMILES string of the molecule is CC(=O)N(Cc1ccccc1)[C@H](C)C(=O)NCc1ccco1. The third kappa shape index (κ3) is 4.22. The molecule has 2 aromatic rings. The van der Waals surface area contributed by atoms with Gasteiger partial charge in [0.15, 0.2) is 0 Å². The monoisotopic (exact) mass is 300 g/mol. The molecule has 2 amide bonds. The molecule has 0 aliphatic carbocycles. The van der Waals surface area contributed by atoms with Gasteiger partial charge in [-0.3, -0.25) is 9.59 Å². The van der Waals surface area contributed by atoms with Crippen molar-refractivity contribution in [1.29, 1.82) is 0 Å². The largest absolute Gasteiger partial charge is 0.467 e. The van der Waals surface area contributed by atoms with Gasteiger partial charge in [-0.2, -0.15) is 0 Å². The van der Waals surface area contributed by atoms with E-state index < -0.39 is 6.04 Å². The molecule has 0 saturated carbocycles. The lowest BCUT2D eigenvalue weighted by atomic mass is 10.1. The lowest BCUT2D eigenvalue weighted by Gasteiger charge is -2.27. The topological polar surface area (TPSA) is 62.6 Å². The number of carbonyl (C=O) groups excluding carboxylic acids is 2. The standard InChI is InChI=1S/C17H20N2O3/c1-13(17(21)18-11-16-9-6-10-22-16)19(14(2)20)12-15-7-4-3-5-8-15/h3-10,13H,11-12H2,1-2H3,(H,18,21)/t13-/m1/s1. The molecule has 1 N–H and O–H groups in total. The highest BCUT2D eigenvalue weighted by molar-refractivity contribution is 5.86. The van der Waals surface area contributed by atoms with Crippen molar-refractivity contribution in [2.45, 2.75) is 33.0 Å². The predicted octanol–water partition coefficient (Wildman–Crippen LogP) is 2.33. The van der Waals surface area contributed by atoms with E-state index in [0.717, 1.165) is 5.56 Å². The number of carbonyl (C=O) groups is 2. The zero-order valence-corrected chi connectivity index (χ0v) is 12.8. The summed E-state index contributed by atoms with van der Waals surface area (Å²) in [6.07, 6.45) is 1.56. The van der Waals surface area contributed by atoms with E-state index in [2.05, 4.69) is 5.32 Å². The maximum Gasteiger partial charge on any atom is 0.242 e. The number of hydrogen-bond donors (Lipinski definition) is 1. The normalized spacial score (nSPS) is 11.7. The molecule has 0 bridgehead atoms. The van der Waals surface area contributed by atoms with Crippen LogP contribution in [-0.4, -0.2) is 22.8 Å². The van der Waals surface area contributed by atoms with E-state index in [0.29, 0.717) is 18.8 Å². The zero-order valence-electron chi connectivity index (χ0n) is 12.8. The second-order valence-electron chi connectivity index (χ2n) is 5.11. The van der Waals surface area contributed by atoms with Crippen LogP contribution < -0.4 is 5.32 Å². The molecule has 0 saturated heterocycles. The summed E-state index contributed by atoms with van der Waals surface area (Å²) in [5.41, 5.74) is 0.989. The van der Waals surface area contributed by atoms with E-state index in [1.54, 1.807) is 30.2 Å². The summed E-state index contributed by atoms with van der Waals surface area (Å²) in [6.45, 7) is 3.92. The Balaban J connectivity index is 1.97. The van der Waals surface area contributed by atoms with Crippen LogP contribution in [0.3, 0.4) is 0 Å². The summed E-state index contributed by atoms with van der Waals surface area (Å²) in [5, 5.41) is 2.78. The zero-order chi connectivity index (χ0) is 15.9. The Hall–Kier alpha value is -2.56. The summed E-state index contributed by atoms with van der Waals surface area (Å²) in [7, 11) is 0. The minimum absolute atomic E-state index is 0.135. The van der Waals surface area contributed by atoms with Crippen molar-refractivity contribution in [3.05, 3.63) is 60.1 Å². The highest BCUT2D eigenvalue weighted by Crippen LogP contribution is 2.09. The third-order valence-electron chi connectivity index (χ3n) is 3.46. The van der Waals surface area contributed by atoms with Gasteiger partial charge in [0.2, 0.25) is 11.8 Å². The van der Waals surface area contributed by atoms with Crippen molar-refractivity contribution in [2.75, 3.05) is 0 Å². The van der Waals surface area contributed by atoms with Crippen LogP contribution in [0.2, 0.25) is 0 Å². The Morgan fingerprint density at radius 2 is 1.91 bits per heavy atom. The maximum absolute atomic E-state index is 12.2. The van der Waals surface area contributed by atoms with Crippen molar-refractivity contribution < 1.29 is 14.0 Å². The molecule has 22 heavy (non-hydrogen) atoms. The summed E-state index contributed by atoms with van der Waals surface area (Å²) < 4.78 is 5.17. The van der Waals surface area contributed by atoms with Gasteiger partial charge in [-0.25, -0.2) is 0 Å². The Labute approximate surface area is 129 Å². The first-order valence-electron chi connectivity index (χ1n) is 7.19. The van der Waals surface area contributed by atoms with Gasteiger partial charge in [-0.15, -0.1) is 0 Å². The molecule has 0 aliphatic rings. The molecule has 0 radical (unpaired) electrons. The second kappa shape index (κ2) is 7.45. The molecule has 0 unspecified atom stereocenters. The molecule has 1 heterocycles. The Morgan fingerprint density at radius 1 is 1.18 bits per heavy atom. The van der Waals surface area contributed by atoms with Gasteiger partial charge in [0.05, 0.1) is 12.8 Å². The number of nitrogens with zero attached hydrogens (tertiary/aromatic N) is 1. The number of nitrogens with one attached hydrogen (secondary N) is 1. The van der Waals surface area contributed by atoms with Crippen LogP contribution in [0.4, 0.5) is 0 Å². The molecule has 2 rings (SSSR count). The molecule has 1 aromatic heterocycles. The number of hydrogen-bond acceptors (Lipinski definition) is 3. The smallest absolute Gasteiger partial charge is 0.242 e. The summed E-state index contributed by atoms with van der Waals surface area (Å²) in [5.74, 6) is 0.338. The minimum atomic E-state index is -0.548. The fourth-order valence-corrected chi connectivity index (χ4v) is 2.18. The molecule has 5 heteroatoms. The van der Waals surface area contributed by atoms with Crippen LogP contribution >= 0.6 is 0 Å². The molecule has 1 atom stereocenters. The van der Waals surface area contributed by atoms with Crippen molar-refractivity contribution in [3.8, 4) is 0 Å². The lowest BCUT2D eigenvalue weighted by molar-refractivity contribution is -0.139. The first kappa shape index (κ1) is 15.8. The lowest BCUT2D eigenvalue weighted by Crippen LogP contribution is -2.46. The molecule has 116 valence electrons. The molecule has 0 spiro atoms. The Kier molecular flexibility index (Phi) is 5.36. The molecule has 5 nitrogen and oxygen atoms in total. The summed E-state index contributed by atoms with van der Waals surface area (Å²) in [6, 6.07) is 12.6. The van der Waals surface area contributed by atoms with Crippen LogP contribution in [0.1, 0.15) is 25.2 Å². The van der Waals surface area contributed by atoms with Gasteiger partial charge in [0.1, 0.15) is 11.8 Å². The average molecular weight is 300 g/mol. The van der Waals surface area contributed by atoms with Crippen molar-refractivity contribution in [3.63, 3.8) is 0 Å². The predicted molar refractivity (Wildman–Crippen MR) is 82.7 cm³/mol. The number of benzene rings is 1. The van der Waals surface area contributed by atoms with E-state index in [1.165, 1.54) is 6.92 Å². The minimum Gasteiger partial charge on any atom is -0.467 e. The highest BCUT2D eigenvalue weighted by Gasteiger charge is 2.23. The fraction of sp³-hybridized carbons (Fsp3) is 0.294. The van der Waals surface area contributed by atoms with E-state index >= 15 is 0 Å². The van der Waals surface area contributed by atoms with E-state index in [9.17, 15) is 9.59 Å². The molecular formula is C17H20N2O3. The van der Waals surface area contributed by atoms with Crippen molar-refractivity contribution in [2.24, 2.45) is 0 Å². The van der Waals surface area contributed by atoms with Crippen LogP contribution in [0.25, 0.3) is 0 Å². The molecular weight excluding hydrogens is 280 g/mol. The van der Waals surface area contributed by atoms with E-state index in [1.807, 2.05) is 30.3 Å². The third-order valence-corrected chi connectivity index (χ3v) is 3.46. The van der Waals surface area contributed by atoms with Gasteiger partial charge in [-0.05, 0) is 24.6 Å². The summed E-state index contributed by atoms with van der Waals surface area (Å²) in [4.78, 5) is 25.6.